The van der Waals surface area contributed by atoms with Crippen molar-refractivity contribution in [2.45, 2.75) is 19.9 Å². The van der Waals surface area contributed by atoms with Crippen LogP contribution in [-0.2, 0) is 28.4 Å². The topological polar surface area (TPSA) is 84.3 Å². The molecule has 0 radical (unpaired) electrons. The average molecular weight is 326 g/mol. The number of sulfonamides is 1. The number of carbonyl (C=O) groups excluding carboxylic acids is 1. The van der Waals surface area contributed by atoms with E-state index in [-0.39, 0.29) is 30.0 Å². The highest BCUT2D eigenvalue weighted by Crippen LogP contribution is 2.40. The summed E-state index contributed by atoms with van der Waals surface area (Å²) in [6.07, 6.45) is 4.40. The Balaban J connectivity index is 1.42. The molecule has 122 valence electrons. The first-order chi connectivity index (χ1) is 10.3. The third kappa shape index (κ3) is 3.49. The summed E-state index contributed by atoms with van der Waals surface area (Å²) < 4.78 is 28.3. The number of hydrogen-bond donors (Lipinski definition) is 1. The van der Waals surface area contributed by atoms with Crippen molar-refractivity contribution in [2.24, 2.45) is 24.8 Å². The Hall–Kier alpha value is -1.41. The number of likely N-dealkylation sites (tertiary alicyclic amines) is 1. The molecule has 1 saturated carbocycles. The third-order valence-corrected chi connectivity index (χ3v) is 5.90. The first-order valence-electron chi connectivity index (χ1n) is 7.57. The summed E-state index contributed by atoms with van der Waals surface area (Å²) in [7, 11) is -1.53. The SMILES string of the molecule is CC1CC1C(=O)N1CC(CS(=O)(=O)NCc2cnn(C)c2)C1. The molecule has 1 aromatic rings. The van der Waals surface area contributed by atoms with Crippen molar-refractivity contribution in [3.8, 4) is 0 Å². The van der Waals surface area contributed by atoms with E-state index in [4.69, 9.17) is 0 Å². The maximum atomic E-state index is 12.0. The fourth-order valence-electron chi connectivity index (χ4n) is 2.88. The number of nitrogens with zero attached hydrogens (tertiary/aromatic N) is 3. The van der Waals surface area contributed by atoms with Gasteiger partial charge in [0.05, 0.1) is 11.9 Å². The van der Waals surface area contributed by atoms with Gasteiger partial charge in [0, 0.05) is 50.3 Å². The molecule has 22 heavy (non-hydrogen) atoms. The number of nitrogens with one attached hydrogen (secondary N) is 1. The summed E-state index contributed by atoms with van der Waals surface area (Å²) >= 11 is 0. The largest absolute Gasteiger partial charge is 0.342 e. The van der Waals surface area contributed by atoms with Gasteiger partial charge in [-0.05, 0) is 12.3 Å². The van der Waals surface area contributed by atoms with Gasteiger partial charge in [-0.2, -0.15) is 5.10 Å². The second kappa shape index (κ2) is 5.66. The molecular weight excluding hydrogens is 304 g/mol. The lowest BCUT2D eigenvalue weighted by atomic mass is 10.0. The van der Waals surface area contributed by atoms with Crippen LogP contribution in [0.15, 0.2) is 12.4 Å². The molecular formula is C14H22N4O3S. The Labute approximate surface area is 130 Å². The molecule has 1 aliphatic carbocycles. The van der Waals surface area contributed by atoms with E-state index in [1.165, 1.54) is 0 Å². The molecule has 8 heteroatoms. The minimum Gasteiger partial charge on any atom is -0.342 e. The number of hydrogen-bond acceptors (Lipinski definition) is 4. The molecule has 2 atom stereocenters. The first-order valence-corrected chi connectivity index (χ1v) is 9.23. The van der Waals surface area contributed by atoms with Crippen LogP contribution in [-0.4, -0.2) is 47.8 Å². The summed E-state index contributed by atoms with van der Waals surface area (Å²) in [4.78, 5) is 13.8. The minimum absolute atomic E-state index is 0.0457. The van der Waals surface area contributed by atoms with Gasteiger partial charge in [-0.3, -0.25) is 9.48 Å². The maximum Gasteiger partial charge on any atom is 0.225 e. The van der Waals surface area contributed by atoms with Crippen molar-refractivity contribution < 1.29 is 13.2 Å². The van der Waals surface area contributed by atoms with Crippen LogP contribution in [0.2, 0.25) is 0 Å². The highest BCUT2D eigenvalue weighted by molar-refractivity contribution is 7.89. The molecule has 0 bridgehead atoms. The van der Waals surface area contributed by atoms with Gasteiger partial charge in [0.1, 0.15) is 0 Å². The van der Waals surface area contributed by atoms with Crippen LogP contribution in [0.1, 0.15) is 18.9 Å². The summed E-state index contributed by atoms with van der Waals surface area (Å²) in [5.74, 6) is 1.00. The number of aromatic nitrogens is 2. The van der Waals surface area contributed by atoms with Gasteiger partial charge in [-0.25, -0.2) is 13.1 Å². The Bertz CT molecular complexity index is 663. The van der Waals surface area contributed by atoms with Crippen molar-refractivity contribution in [2.75, 3.05) is 18.8 Å². The number of carbonyl (C=O) groups is 1. The quantitative estimate of drug-likeness (QED) is 0.795. The molecule has 1 N–H and O–H groups in total. The third-order valence-electron chi connectivity index (χ3n) is 4.41. The molecule has 2 unspecified atom stereocenters. The van der Waals surface area contributed by atoms with E-state index in [9.17, 15) is 13.2 Å². The van der Waals surface area contributed by atoms with Gasteiger partial charge in [0.25, 0.3) is 0 Å². The predicted octanol–water partition coefficient (Wildman–Crippen LogP) is -0.0461. The fourth-order valence-corrected chi connectivity index (χ4v) is 4.22. The van der Waals surface area contributed by atoms with E-state index in [1.54, 1.807) is 29.0 Å². The Morgan fingerprint density at radius 3 is 2.68 bits per heavy atom. The number of rotatable bonds is 6. The van der Waals surface area contributed by atoms with E-state index >= 15 is 0 Å². The van der Waals surface area contributed by atoms with Crippen molar-refractivity contribution in [3.05, 3.63) is 18.0 Å². The van der Waals surface area contributed by atoms with Crippen LogP contribution in [0.5, 0.6) is 0 Å². The van der Waals surface area contributed by atoms with Crippen LogP contribution >= 0.6 is 0 Å². The molecule has 7 nitrogen and oxygen atoms in total. The van der Waals surface area contributed by atoms with Gasteiger partial charge < -0.3 is 4.90 Å². The average Bonchev–Trinajstić information content (AvgIpc) is 2.98. The lowest BCUT2D eigenvalue weighted by Gasteiger charge is -2.39. The molecule has 0 spiro atoms. The lowest BCUT2D eigenvalue weighted by Crippen LogP contribution is -2.53. The van der Waals surface area contributed by atoms with Crippen LogP contribution in [0.4, 0.5) is 0 Å². The van der Waals surface area contributed by atoms with E-state index in [1.807, 2.05) is 0 Å². The molecule has 2 heterocycles. The van der Waals surface area contributed by atoms with E-state index < -0.39 is 10.0 Å². The molecule has 1 amide bonds. The van der Waals surface area contributed by atoms with Crippen molar-refractivity contribution >= 4 is 15.9 Å². The Morgan fingerprint density at radius 1 is 1.45 bits per heavy atom. The molecule has 0 aromatic carbocycles. The lowest BCUT2D eigenvalue weighted by molar-refractivity contribution is -0.138. The Kier molecular flexibility index (Phi) is 3.98. The van der Waals surface area contributed by atoms with E-state index in [0.717, 1.165) is 12.0 Å². The van der Waals surface area contributed by atoms with Crippen LogP contribution in [0.3, 0.4) is 0 Å². The molecule has 1 saturated heterocycles. The zero-order valence-corrected chi connectivity index (χ0v) is 13.7. The van der Waals surface area contributed by atoms with Gasteiger partial charge in [-0.15, -0.1) is 0 Å². The number of aryl methyl sites for hydroxylation is 1. The maximum absolute atomic E-state index is 12.0. The highest BCUT2D eigenvalue weighted by atomic mass is 32.2. The smallest absolute Gasteiger partial charge is 0.225 e. The second-order valence-corrected chi connectivity index (χ2v) is 8.41. The van der Waals surface area contributed by atoms with Crippen LogP contribution < -0.4 is 4.72 Å². The second-order valence-electron chi connectivity index (χ2n) is 6.55. The van der Waals surface area contributed by atoms with Gasteiger partial charge in [-0.1, -0.05) is 6.92 Å². The molecule has 1 aromatic heterocycles. The van der Waals surface area contributed by atoms with E-state index in [2.05, 4.69) is 16.7 Å². The standard InChI is InChI=1S/C14H22N4O3S/c1-10-3-13(10)14(19)18-7-12(8-18)9-22(20,21)16-5-11-4-15-17(2)6-11/h4,6,10,12-13,16H,3,5,7-9H2,1-2H3. The zero-order valence-electron chi connectivity index (χ0n) is 12.9. The zero-order chi connectivity index (χ0) is 15.9. The highest BCUT2D eigenvalue weighted by Gasteiger charge is 2.45. The minimum atomic E-state index is -3.32. The monoisotopic (exact) mass is 326 g/mol. The van der Waals surface area contributed by atoms with Crippen molar-refractivity contribution in [1.29, 1.82) is 0 Å². The van der Waals surface area contributed by atoms with Crippen LogP contribution in [0, 0.1) is 17.8 Å². The summed E-state index contributed by atoms with van der Waals surface area (Å²) in [6.45, 7) is 3.46. The van der Waals surface area contributed by atoms with Gasteiger partial charge in [0.2, 0.25) is 15.9 Å². The fraction of sp³-hybridized carbons (Fsp3) is 0.714. The van der Waals surface area contributed by atoms with Crippen LogP contribution in [0.25, 0.3) is 0 Å². The Morgan fingerprint density at radius 2 is 2.14 bits per heavy atom. The van der Waals surface area contributed by atoms with Gasteiger partial charge >= 0.3 is 0 Å². The summed E-state index contributed by atoms with van der Waals surface area (Å²) in [5, 5.41) is 4.00. The van der Waals surface area contributed by atoms with Crippen molar-refractivity contribution in [1.82, 2.24) is 19.4 Å². The predicted molar refractivity (Wildman–Crippen MR) is 81.2 cm³/mol. The van der Waals surface area contributed by atoms with E-state index in [0.29, 0.717) is 19.0 Å². The van der Waals surface area contributed by atoms with Gasteiger partial charge in [0.15, 0.2) is 0 Å². The summed E-state index contributed by atoms with van der Waals surface area (Å²) in [5.41, 5.74) is 0.833. The summed E-state index contributed by atoms with van der Waals surface area (Å²) in [6, 6.07) is 0. The molecule has 2 aliphatic rings. The molecule has 1 aliphatic heterocycles. The normalized spacial score (nSPS) is 25.1. The van der Waals surface area contributed by atoms with Crippen molar-refractivity contribution in [3.63, 3.8) is 0 Å². The number of amides is 1. The molecule has 3 rings (SSSR count). The first kappa shape index (κ1) is 15.5. The molecule has 2 fully saturated rings.